The molecule has 154 valence electrons. The monoisotopic (exact) mass is 422 g/mol. The van der Waals surface area contributed by atoms with Crippen LogP contribution in [0, 0.1) is 5.92 Å². The number of nitrogens with zero attached hydrogens (tertiary/aromatic N) is 4. The van der Waals surface area contributed by atoms with Crippen molar-refractivity contribution < 1.29 is 21.6 Å². The predicted molar refractivity (Wildman–Crippen MR) is 102 cm³/mol. The molecule has 29 heavy (non-hydrogen) atoms. The summed E-state index contributed by atoms with van der Waals surface area (Å²) in [7, 11) is -3.15. The quantitative estimate of drug-likeness (QED) is 0.548. The Balaban J connectivity index is 1.81. The molecule has 0 bridgehead atoms. The summed E-state index contributed by atoms with van der Waals surface area (Å²) in [5, 5.41) is 6.85. The maximum absolute atomic E-state index is 12.6. The maximum atomic E-state index is 12.6. The smallest absolute Gasteiger partial charge is 0.314 e. The minimum Gasteiger partial charge on any atom is -0.415 e. The van der Waals surface area contributed by atoms with Gasteiger partial charge in [-0.3, -0.25) is 0 Å². The van der Waals surface area contributed by atoms with E-state index < -0.39 is 22.2 Å². The first-order valence-electron chi connectivity index (χ1n) is 8.88. The van der Waals surface area contributed by atoms with Crippen LogP contribution in [0.1, 0.15) is 36.5 Å². The van der Waals surface area contributed by atoms with Crippen molar-refractivity contribution in [2.24, 2.45) is 5.92 Å². The van der Waals surface area contributed by atoms with Crippen LogP contribution in [0.15, 0.2) is 47.1 Å². The van der Waals surface area contributed by atoms with Crippen LogP contribution in [0.2, 0.25) is 0 Å². The van der Waals surface area contributed by atoms with Gasteiger partial charge in [0.15, 0.2) is 0 Å². The van der Waals surface area contributed by atoms with Gasteiger partial charge in [-0.1, -0.05) is 37.3 Å². The van der Waals surface area contributed by atoms with Crippen LogP contribution in [-0.2, 0) is 16.3 Å². The van der Waals surface area contributed by atoms with Gasteiger partial charge in [0.25, 0.3) is 11.8 Å². The Labute approximate surface area is 167 Å². The van der Waals surface area contributed by atoms with Gasteiger partial charge in [-0.2, -0.15) is 8.78 Å². The zero-order valence-electron chi connectivity index (χ0n) is 15.9. The van der Waals surface area contributed by atoms with Crippen LogP contribution in [0.4, 0.5) is 8.78 Å². The molecule has 3 aromatic rings. The van der Waals surface area contributed by atoms with Crippen molar-refractivity contribution in [3.8, 4) is 11.5 Å². The molecule has 0 saturated carbocycles. The molecule has 0 aliphatic carbocycles. The van der Waals surface area contributed by atoms with Crippen molar-refractivity contribution in [1.29, 1.82) is 0 Å². The van der Waals surface area contributed by atoms with Gasteiger partial charge in [-0.15, -0.1) is 10.2 Å². The zero-order chi connectivity index (χ0) is 21.0. The van der Waals surface area contributed by atoms with Gasteiger partial charge < -0.3 is 4.42 Å². The van der Waals surface area contributed by atoms with Gasteiger partial charge >= 0.3 is 6.43 Å². The third kappa shape index (κ3) is 5.63. The molecule has 1 aromatic carbocycles. The van der Waals surface area contributed by atoms with E-state index in [-0.39, 0.29) is 23.5 Å². The van der Waals surface area contributed by atoms with Gasteiger partial charge in [0.1, 0.15) is 15.7 Å². The van der Waals surface area contributed by atoms with Crippen LogP contribution in [0.3, 0.4) is 0 Å². The second kappa shape index (κ2) is 8.73. The highest BCUT2D eigenvalue weighted by molar-refractivity contribution is 7.90. The first-order chi connectivity index (χ1) is 13.7. The normalized spacial score (nSPS) is 14.1. The SMILES string of the molecule is CC(CS(C)(=O)=O)C(Cc1ncc(-c2nnc(C(F)F)o2)cn1)c1ccccc1. The summed E-state index contributed by atoms with van der Waals surface area (Å²) in [6, 6.07) is 9.58. The molecule has 3 rings (SSSR count). The lowest BCUT2D eigenvalue weighted by Gasteiger charge is -2.23. The number of alkyl halides is 2. The van der Waals surface area contributed by atoms with E-state index >= 15 is 0 Å². The second-order valence-electron chi connectivity index (χ2n) is 6.93. The number of aromatic nitrogens is 4. The molecule has 0 aliphatic rings. The van der Waals surface area contributed by atoms with Gasteiger partial charge in [0, 0.05) is 25.1 Å². The number of hydrogen-bond donors (Lipinski definition) is 0. The first-order valence-corrected chi connectivity index (χ1v) is 10.9. The van der Waals surface area contributed by atoms with Crippen LogP contribution >= 0.6 is 0 Å². The molecule has 0 N–H and O–H groups in total. The van der Waals surface area contributed by atoms with Gasteiger partial charge in [0.2, 0.25) is 0 Å². The minimum atomic E-state index is -3.15. The van der Waals surface area contributed by atoms with Crippen molar-refractivity contribution in [2.75, 3.05) is 12.0 Å². The summed E-state index contributed by atoms with van der Waals surface area (Å²) in [6.07, 6.45) is 1.64. The molecule has 2 heterocycles. The zero-order valence-corrected chi connectivity index (χ0v) is 16.7. The minimum absolute atomic E-state index is 0.0447. The Kier molecular flexibility index (Phi) is 6.31. The lowest BCUT2D eigenvalue weighted by Crippen LogP contribution is -2.21. The molecule has 0 spiro atoms. The molecule has 10 heteroatoms. The Morgan fingerprint density at radius 3 is 2.28 bits per heavy atom. The fourth-order valence-electron chi connectivity index (χ4n) is 3.15. The Bertz CT molecular complexity index is 1040. The number of rotatable bonds is 8. The van der Waals surface area contributed by atoms with E-state index in [1.54, 1.807) is 0 Å². The molecule has 0 saturated heterocycles. The van der Waals surface area contributed by atoms with Gasteiger partial charge in [-0.05, 0) is 17.4 Å². The van der Waals surface area contributed by atoms with Crippen LogP contribution in [0.25, 0.3) is 11.5 Å². The van der Waals surface area contributed by atoms with E-state index in [4.69, 9.17) is 4.42 Å². The molecule has 0 aliphatic heterocycles. The Hall–Kier alpha value is -2.75. The largest absolute Gasteiger partial charge is 0.415 e. The van der Waals surface area contributed by atoms with Crippen LogP contribution < -0.4 is 0 Å². The van der Waals surface area contributed by atoms with E-state index in [0.29, 0.717) is 17.8 Å². The summed E-state index contributed by atoms with van der Waals surface area (Å²) >= 11 is 0. The molecule has 0 amide bonds. The highest BCUT2D eigenvalue weighted by Gasteiger charge is 2.24. The third-order valence-corrected chi connectivity index (χ3v) is 5.59. The summed E-state index contributed by atoms with van der Waals surface area (Å²) in [6.45, 7) is 1.89. The van der Waals surface area contributed by atoms with Crippen LogP contribution in [-0.4, -0.2) is 40.6 Å². The first kappa shape index (κ1) is 21.0. The van der Waals surface area contributed by atoms with Gasteiger partial charge in [0.05, 0.1) is 11.3 Å². The fraction of sp³-hybridized carbons (Fsp3) is 0.368. The standard InChI is InChI=1S/C19H20F2N4O3S/c1-12(11-29(2,26)27)15(13-6-4-3-5-7-13)8-16-22-9-14(10-23-16)18-24-25-19(28-18)17(20)21/h3-7,9-10,12,15,17H,8,11H2,1-2H3. The van der Waals surface area contributed by atoms with Gasteiger partial charge in [-0.25, -0.2) is 18.4 Å². The topological polar surface area (TPSA) is 98.8 Å². The van der Waals surface area contributed by atoms with Crippen molar-refractivity contribution in [3.05, 3.63) is 60.0 Å². The van der Waals surface area contributed by atoms with Crippen LogP contribution in [0.5, 0.6) is 0 Å². The summed E-state index contributed by atoms with van der Waals surface area (Å²) in [4.78, 5) is 8.56. The number of hydrogen-bond acceptors (Lipinski definition) is 7. The van der Waals surface area contributed by atoms with Crippen molar-refractivity contribution in [2.45, 2.75) is 25.7 Å². The highest BCUT2D eigenvalue weighted by atomic mass is 32.2. The van der Waals surface area contributed by atoms with E-state index in [1.165, 1.54) is 18.6 Å². The molecular formula is C19H20F2N4O3S. The molecule has 2 unspecified atom stereocenters. The predicted octanol–water partition coefficient (Wildman–Crippen LogP) is 3.47. The molecule has 7 nitrogen and oxygen atoms in total. The molecular weight excluding hydrogens is 402 g/mol. The molecule has 0 radical (unpaired) electrons. The summed E-state index contributed by atoms with van der Waals surface area (Å²) in [5.74, 6) is -0.564. The molecule has 2 atom stereocenters. The van der Waals surface area contributed by atoms with Crippen molar-refractivity contribution in [1.82, 2.24) is 20.2 Å². The number of benzene rings is 1. The molecule has 0 fully saturated rings. The molecule has 2 aromatic heterocycles. The van der Waals surface area contributed by atoms with E-state index in [0.717, 1.165) is 5.56 Å². The van der Waals surface area contributed by atoms with Crippen molar-refractivity contribution >= 4 is 9.84 Å². The van der Waals surface area contributed by atoms with Crippen molar-refractivity contribution in [3.63, 3.8) is 0 Å². The Morgan fingerprint density at radius 2 is 1.72 bits per heavy atom. The van der Waals surface area contributed by atoms with E-state index in [1.807, 2.05) is 37.3 Å². The second-order valence-corrected chi connectivity index (χ2v) is 9.11. The maximum Gasteiger partial charge on any atom is 0.314 e. The summed E-state index contributed by atoms with van der Waals surface area (Å²) < 4.78 is 53.6. The number of halogens is 2. The average molecular weight is 422 g/mol. The highest BCUT2D eigenvalue weighted by Crippen LogP contribution is 2.29. The Morgan fingerprint density at radius 1 is 1.07 bits per heavy atom. The third-order valence-electron chi connectivity index (χ3n) is 4.46. The average Bonchev–Trinajstić information content (AvgIpc) is 3.16. The van der Waals surface area contributed by atoms with E-state index in [2.05, 4.69) is 20.2 Å². The lowest BCUT2D eigenvalue weighted by molar-refractivity contribution is 0.116. The lowest BCUT2D eigenvalue weighted by atomic mass is 9.85. The summed E-state index contributed by atoms with van der Waals surface area (Å²) in [5.41, 5.74) is 1.32. The van der Waals surface area contributed by atoms with E-state index in [9.17, 15) is 17.2 Å². The number of sulfone groups is 1. The fourth-order valence-corrected chi connectivity index (χ4v) is 4.34.